The Balaban J connectivity index is 1.95. The van der Waals surface area contributed by atoms with Crippen LogP contribution in [-0.2, 0) is 9.47 Å². The summed E-state index contributed by atoms with van der Waals surface area (Å²) in [4.78, 5) is 10.3. The number of carboxylic acid groups (broad SMARTS) is 1. The maximum absolute atomic E-state index is 10.3. The Kier molecular flexibility index (Phi) is 1.90. The number of ether oxygens (including phenoxy) is 2. The second-order valence-electron chi connectivity index (χ2n) is 3.09. The second kappa shape index (κ2) is 2.91. The molecule has 5 nitrogen and oxygen atoms in total. The number of hydrogen-bond acceptors (Lipinski definition) is 3. The highest BCUT2D eigenvalue weighted by Gasteiger charge is 2.42. The summed E-state index contributed by atoms with van der Waals surface area (Å²) in [5.41, 5.74) is 0. The Bertz CT molecular complexity index is 196. The topological polar surface area (TPSA) is 67.8 Å². The summed E-state index contributed by atoms with van der Waals surface area (Å²) in [6, 6.07) is -0.0880. The lowest BCUT2D eigenvalue weighted by atomic mass is 10.2. The quantitative estimate of drug-likeness (QED) is 0.592. The fraction of sp³-hybridized carbons (Fsp3) is 0.857. The Morgan fingerprint density at radius 2 is 2.25 bits per heavy atom. The van der Waals surface area contributed by atoms with E-state index in [1.807, 2.05) is 0 Å². The van der Waals surface area contributed by atoms with Crippen molar-refractivity contribution in [3.63, 3.8) is 0 Å². The molecule has 1 aliphatic carbocycles. The third-order valence-electron chi connectivity index (χ3n) is 2.38. The monoisotopic (exact) mass is 173 g/mol. The normalized spacial score (nSPS) is 39.5. The van der Waals surface area contributed by atoms with Gasteiger partial charge < -0.3 is 19.9 Å². The SMILES string of the molecule is O=C(O)NC1CCC2OCOC12. The van der Waals surface area contributed by atoms with E-state index in [2.05, 4.69) is 5.32 Å². The first-order chi connectivity index (χ1) is 5.77. The average Bonchev–Trinajstić information content (AvgIpc) is 2.52. The van der Waals surface area contributed by atoms with Crippen LogP contribution >= 0.6 is 0 Å². The minimum atomic E-state index is -0.990. The van der Waals surface area contributed by atoms with E-state index >= 15 is 0 Å². The highest BCUT2D eigenvalue weighted by molar-refractivity contribution is 5.65. The van der Waals surface area contributed by atoms with Gasteiger partial charge in [0.1, 0.15) is 12.9 Å². The molecule has 3 atom stereocenters. The van der Waals surface area contributed by atoms with E-state index in [0.717, 1.165) is 12.8 Å². The summed E-state index contributed by atoms with van der Waals surface area (Å²) in [6.07, 6.45) is 0.733. The van der Waals surface area contributed by atoms with Gasteiger partial charge in [0.25, 0.3) is 0 Å². The Morgan fingerprint density at radius 1 is 1.42 bits per heavy atom. The van der Waals surface area contributed by atoms with Crippen molar-refractivity contribution in [1.82, 2.24) is 5.32 Å². The van der Waals surface area contributed by atoms with E-state index in [-0.39, 0.29) is 18.2 Å². The van der Waals surface area contributed by atoms with Crippen LogP contribution < -0.4 is 5.32 Å². The number of carbonyl (C=O) groups is 1. The van der Waals surface area contributed by atoms with E-state index in [4.69, 9.17) is 14.6 Å². The van der Waals surface area contributed by atoms with Crippen molar-refractivity contribution in [2.45, 2.75) is 31.1 Å². The number of nitrogens with one attached hydrogen (secondary N) is 1. The number of rotatable bonds is 1. The lowest BCUT2D eigenvalue weighted by molar-refractivity contribution is 0.0230. The standard InChI is InChI=1S/C7H11NO4/c9-7(10)8-4-1-2-5-6(4)12-3-11-5/h4-6,8H,1-3H2,(H,9,10). The molecule has 2 fully saturated rings. The van der Waals surface area contributed by atoms with Crippen LogP contribution in [0.1, 0.15) is 12.8 Å². The molecule has 12 heavy (non-hydrogen) atoms. The molecule has 68 valence electrons. The molecule has 1 aliphatic heterocycles. The van der Waals surface area contributed by atoms with Gasteiger partial charge in [-0.2, -0.15) is 0 Å². The first kappa shape index (κ1) is 7.82. The molecule has 0 radical (unpaired) electrons. The summed E-state index contributed by atoms with van der Waals surface area (Å²) < 4.78 is 10.5. The smallest absolute Gasteiger partial charge is 0.404 e. The summed E-state index contributed by atoms with van der Waals surface area (Å²) in [5.74, 6) is 0. The van der Waals surface area contributed by atoms with Crippen LogP contribution in [0.3, 0.4) is 0 Å². The maximum atomic E-state index is 10.3. The lowest BCUT2D eigenvalue weighted by Gasteiger charge is -2.15. The molecule has 0 spiro atoms. The first-order valence-electron chi connectivity index (χ1n) is 4.00. The molecule has 1 heterocycles. The van der Waals surface area contributed by atoms with Crippen molar-refractivity contribution >= 4 is 6.09 Å². The van der Waals surface area contributed by atoms with Crippen LogP contribution in [-0.4, -0.2) is 36.2 Å². The molecule has 0 aromatic heterocycles. The van der Waals surface area contributed by atoms with E-state index in [0.29, 0.717) is 6.79 Å². The Labute approximate surface area is 69.6 Å². The van der Waals surface area contributed by atoms with Crippen molar-refractivity contribution in [2.75, 3.05) is 6.79 Å². The van der Waals surface area contributed by atoms with Crippen LogP contribution in [0, 0.1) is 0 Å². The molecular formula is C7H11NO4. The van der Waals surface area contributed by atoms with Crippen molar-refractivity contribution in [2.24, 2.45) is 0 Å². The highest BCUT2D eigenvalue weighted by Crippen LogP contribution is 2.29. The first-order valence-corrected chi connectivity index (χ1v) is 4.00. The van der Waals surface area contributed by atoms with Gasteiger partial charge in [0.15, 0.2) is 0 Å². The Morgan fingerprint density at radius 3 is 3.00 bits per heavy atom. The van der Waals surface area contributed by atoms with Crippen LogP contribution in [0.5, 0.6) is 0 Å². The predicted octanol–water partition coefficient (Wildman–Crippen LogP) is 0.158. The lowest BCUT2D eigenvalue weighted by Crippen LogP contribution is -2.41. The number of fused-ring (bicyclic) bond motifs is 1. The minimum Gasteiger partial charge on any atom is -0.465 e. The molecule has 0 aromatic carbocycles. The molecule has 1 saturated carbocycles. The van der Waals surface area contributed by atoms with Gasteiger partial charge in [-0.3, -0.25) is 0 Å². The van der Waals surface area contributed by atoms with Crippen LogP contribution in [0.2, 0.25) is 0 Å². The van der Waals surface area contributed by atoms with Gasteiger partial charge in [-0.1, -0.05) is 0 Å². The highest BCUT2D eigenvalue weighted by atomic mass is 16.7. The molecule has 2 rings (SSSR count). The van der Waals surface area contributed by atoms with Gasteiger partial charge in [-0.25, -0.2) is 4.79 Å². The number of amides is 1. The molecule has 2 aliphatic rings. The van der Waals surface area contributed by atoms with Crippen LogP contribution in [0.4, 0.5) is 4.79 Å². The fourth-order valence-corrected chi connectivity index (χ4v) is 1.85. The Hall–Kier alpha value is -0.810. The van der Waals surface area contributed by atoms with E-state index < -0.39 is 6.09 Å². The molecule has 3 unspecified atom stereocenters. The van der Waals surface area contributed by atoms with Gasteiger partial charge >= 0.3 is 6.09 Å². The van der Waals surface area contributed by atoms with Crippen LogP contribution in [0.15, 0.2) is 0 Å². The van der Waals surface area contributed by atoms with E-state index in [1.165, 1.54) is 0 Å². The van der Waals surface area contributed by atoms with Crippen molar-refractivity contribution in [3.05, 3.63) is 0 Å². The van der Waals surface area contributed by atoms with Crippen molar-refractivity contribution in [1.29, 1.82) is 0 Å². The summed E-state index contributed by atoms with van der Waals surface area (Å²) >= 11 is 0. The van der Waals surface area contributed by atoms with Gasteiger partial charge in [0, 0.05) is 0 Å². The third-order valence-corrected chi connectivity index (χ3v) is 2.38. The van der Waals surface area contributed by atoms with Gasteiger partial charge in [-0.05, 0) is 12.8 Å². The molecule has 0 bridgehead atoms. The van der Waals surface area contributed by atoms with Crippen LogP contribution in [0.25, 0.3) is 0 Å². The zero-order chi connectivity index (χ0) is 8.55. The maximum Gasteiger partial charge on any atom is 0.404 e. The zero-order valence-corrected chi connectivity index (χ0v) is 6.53. The molecule has 2 N–H and O–H groups in total. The van der Waals surface area contributed by atoms with E-state index in [9.17, 15) is 4.79 Å². The zero-order valence-electron chi connectivity index (χ0n) is 6.53. The summed E-state index contributed by atoms with van der Waals surface area (Å²) in [5, 5.41) is 10.9. The molecular weight excluding hydrogens is 162 g/mol. The summed E-state index contributed by atoms with van der Waals surface area (Å²) in [7, 11) is 0. The molecule has 1 amide bonds. The molecule has 0 aromatic rings. The van der Waals surface area contributed by atoms with Gasteiger partial charge in [0.2, 0.25) is 0 Å². The molecule has 1 saturated heterocycles. The minimum absolute atomic E-state index is 0.0684. The summed E-state index contributed by atoms with van der Waals surface area (Å²) in [6.45, 7) is 0.299. The fourth-order valence-electron chi connectivity index (χ4n) is 1.85. The predicted molar refractivity (Wildman–Crippen MR) is 38.8 cm³/mol. The average molecular weight is 173 g/mol. The molecule has 5 heteroatoms. The number of hydrogen-bond donors (Lipinski definition) is 2. The van der Waals surface area contributed by atoms with E-state index in [1.54, 1.807) is 0 Å². The van der Waals surface area contributed by atoms with Crippen molar-refractivity contribution < 1.29 is 19.4 Å². The van der Waals surface area contributed by atoms with Crippen molar-refractivity contribution in [3.8, 4) is 0 Å². The largest absolute Gasteiger partial charge is 0.465 e. The van der Waals surface area contributed by atoms with Gasteiger partial charge in [-0.15, -0.1) is 0 Å². The second-order valence-corrected chi connectivity index (χ2v) is 3.09. The third kappa shape index (κ3) is 1.25. The van der Waals surface area contributed by atoms with Gasteiger partial charge in [0.05, 0.1) is 12.1 Å².